The van der Waals surface area contributed by atoms with Crippen LogP contribution in [-0.4, -0.2) is 26.1 Å². The Morgan fingerprint density at radius 3 is 2.45 bits per heavy atom. The molecule has 0 aliphatic carbocycles. The van der Waals surface area contributed by atoms with Crippen molar-refractivity contribution in [1.82, 2.24) is 0 Å². The summed E-state index contributed by atoms with van der Waals surface area (Å²) in [6.45, 7) is 5.40. The number of benzene rings is 1. The van der Waals surface area contributed by atoms with E-state index in [9.17, 15) is 13.2 Å². The van der Waals surface area contributed by atoms with Gasteiger partial charge in [-0.1, -0.05) is 13.8 Å². The van der Waals surface area contributed by atoms with Crippen LogP contribution in [0.4, 0.5) is 0 Å². The van der Waals surface area contributed by atoms with E-state index in [1.807, 2.05) is 13.8 Å². The van der Waals surface area contributed by atoms with E-state index in [0.717, 1.165) is 0 Å². The van der Waals surface area contributed by atoms with E-state index in [4.69, 9.17) is 20.5 Å². The van der Waals surface area contributed by atoms with E-state index in [0.29, 0.717) is 16.9 Å². The molecule has 0 heterocycles. The number of hydrogen-bond donors (Lipinski definition) is 1. The van der Waals surface area contributed by atoms with Gasteiger partial charge in [0.2, 0.25) is 0 Å². The highest BCUT2D eigenvalue weighted by atomic mass is 35.7. The van der Waals surface area contributed by atoms with Gasteiger partial charge >= 0.3 is 5.97 Å². The van der Waals surface area contributed by atoms with Gasteiger partial charge in [0, 0.05) is 10.7 Å². The van der Waals surface area contributed by atoms with E-state index >= 15 is 0 Å². The van der Waals surface area contributed by atoms with Crippen LogP contribution in [0.3, 0.4) is 0 Å². The van der Waals surface area contributed by atoms with E-state index in [1.165, 1.54) is 6.07 Å². The lowest BCUT2D eigenvalue weighted by atomic mass is 10.0. The minimum absolute atomic E-state index is 0.0285. The lowest BCUT2D eigenvalue weighted by Crippen LogP contribution is -2.07. The summed E-state index contributed by atoms with van der Waals surface area (Å²) in [7, 11) is 1.60. The molecule has 20 heavy (non-hydrogen) atoms. The van der Waals surface area contributed by atoms with Gasteiger partial charge in [-0.15, -0.1) is 0 Å². The second kappa shape index (κ2) is 6.45. The van der Waals surface area contributed by atoms with Gasteiger partial charge in [-0.25, -0.2) is 8.42 Å². The van der Waals surface area contributed by atoms with Crippen LogP contribution in [0.25, 0.3) is 0 Å². The molecule has 0 atom stereocenters. The summed E-state index contributed by atoms with van der Waals surface area (Å²) >= 11 is 0. The van der Waals surface area contributed by atoms with Gasteiger partial charge in [-0.05, 0) is 36.1 Å². The first kappa shape index (κ1) is 16.8. The molecular weight excluding hydrogens is 304 g/mol. The van der Waals surface area contributed by atoms with Crippen LogP contribution in [0.2, 0.25) is 0 Å². The Morgan fingerprint density at radius 1 is 1.40 bits per heavy atom. The Labute approximate surface area is 122 Å². The SMILES string of the molecule is Cc1cc(S(=O)(=O)Cl)c(C(C)C)cc1OCCC(=O)O. The zero-order valence-electron chi connectivity index (χ0n) is 11.5. The number of hydrogen-bond acceptors (Lipinski definition) is 4. The molecule has 0 aliphatic rings. The summed E-state index contributed by atoms with van der Waals surface area (Å²) in [4.78, 5) is 10.5. The quantitative estimate of drug-likeness (QED) is 0.815. The summed E-state index contributed by atoms with van der Waals surface area (Å²) in [5.41, 5.74) is 1.15. The first-order valence-electron chi connectivity index (χ1n) is 6.06. The van der Waals surface area contributed by atoms with Crippen molar-refractivity contribution in [1.29, 1.82) is 0 Å². The number of carboxylic acid groups (broad SMARTS) is 1. The maximum Gasteiger partial charge on any atom is 0.306 e. The third-order valence-electron chi connectivity index (χ3n) is 2.77. The lowest BCUT2D eigenvalue weighted by molar-refractivity contribution is -0.137. The third-order valence-corrected chi connectivity index (χ3v) is 4.14. The van der Waals surface area contributed by atoms with Crippen molar-refractivity contribution in [2.75, 3.05) is 6.61 Å². The minimum Gasteiger partial charge on any atom is -0.493 e. The highest BCUT2D eigenvalue weighted by Gasteiger charge is 2.20. The number of rotatable bonds is 6. The van der Waals surface area contributed by atoms with Crippen molar-refractivity contribution in [2.45, 2.75) is 38.0 Å². The second-order valence-electron chi connectivity index (χ2n) is 4.74. The minimum atomic E-state index is -3.83. The number of aliphatic carboxylic acids is 1. The van der Waals surface area contributed by atoms with Crippen LogP contribution in [0.1, 0.15) is 37.3 Å². The van der Waals surface area contributed by atoms with Crippen molar-refractivity contribution < 1.29 is 23.1 Å². The van der Waals surface area contributed by atoms with Gasteiger partial charge in [0.1, 0.15) is 5.75 Å². The number of halogens is 1. The lowest BCUT2D eigenvalue weighted by Gasteiger charge is -2.15. The Bertz CT molecular complexity index is 607. The molecule has 0 aromatic heterocycles. The maximum atomic E-state index is 11.6. The van der Waals surface area contributed by atoms with Crippen molar-refractivity contribution in [3.05, 3.63) is 23.3 Å². The van der Waals surface area contributed by atoms with Gasteiger partial charge in [0.25, 0.3) is 9.05 Å². The highest BCUT2D eigenvalue weighted by Crippen LogP contribution is 2.32. The van der Waals surface area contributed by atoms with Crippen LogP contribution in [-0.2, 0) is 13.8 Å². The van der Waals surface area contributed by atoms with Gasteiger partial charge in [0.15, 0.2) is 0 Å². The molecule has 0 aliphatic heterocycles. The molecule has 5 nitrogen and oxygen atoms in total. The predicted octanol–water partition coefficient (Wildman–Crippen LogP) is 2.90. The molecule has 112 valence electrons. The van der Waals surface area contributed by atoms with Gasteiger partial charge in [-0.3, -0.25) is 4.79 Å². The summed E-state index contributed by atoms with van der Waals surface area (Å²) in [5.74, 6) is -0.536. The van der Waals surface area contributed by atoms with Crippen LogP contribution in [0, 0.1) is 6.92 Å². The Kier molecular flexibility index (Phi) is 5.42. The molecule has 0 amide bonds. The first-order chi connectivity index (χ1) is 9.12. The molecule has 7 heteroatoms. The molecule has 0 bridgehead atoms. The Hall–Kier alpha value is -1.27. The van der Waals surface area contributed by atoms with Crippen molar-refractivity contribution in [2.24, 2.45) is 0 Å². The summed E-state index contributed by atoms with van der Waals surface area (Å²) in [6, 6.07) is 3.06. The van der Waals surface area contributed by atoms with E-state index in [-0.39, 0.29) is 23.8 Å². The largest absolute Gasteiger partial charge is 0.493 e. The normalized spacial score (nSPS) is 11.7. The van der Waals surface area contributed by atoms with Gasteiger partial charge < -0.3 is 9.84 Å². The van der Waals surface area contributed by atoms with Gasteiger partial charge in [0.05, 0.1) is 17.9 Å². The molecule has 1 rings (SSSR count). The fourth-order valence-corrected chi connectivity index (χ4v) is 3.04. The molecule has 0 saturated heterocycles. The highest BCUT2D eigenvalue weighted by molar-refractivity contribution is 8.13. The zero-order valence-corrected chi connectivity index (χ0v) is 13.1. The number of ether oxygens (including phenoxy) is 1. The Balaban J connectivity index is 3.17. The summed E-state index contributed by atoms with van der Waals surface area (Å²) in [5, 5.41) is 8.58. The van der Waals surface area contributed by atoms with Crippen LogP contribution in [0.5, 0.6) is 5.75 Å². The molecule has 0 spiro atoms. The molecule has 1 aromatic rings. The topological polar surface area (TPSA) is 80.7 Å². The van der Waals surface area contributed by atoms with Crippen molar-refractivity contribution in [3.63, 3.8) is 0 Å². The zero-order chi connectivity index (χ0) is 15.5. The van der Waals surface area contributed by atoms with Crippen LogP contribution in [0.15, 0.2) is 17.0 Å². The van der Waals surface area contributed by atoms with E-state index in [1.54, 1.807) is 13.0 Å². The fourth-order valence-electron chi connectivity index (χ4n) is 1.74. The smallest absolute Gasteiger partial charge is 0.306 e. The summed E-state index contributed by atoms with van der Waals surface area (Å²) in [6.07, 6.45) is -0.119. The molecule has 1 N–H and O–H groups in total. The fraction of sp³-hybridized carbons (Fsp3) is 0.462. The van der Waals surface area contributed by atoms with Gasteiger partial charge in [-0.2, -0.15) is 0 Å². The van der Waals surface area contributed by atoms with Crippen molar-refractivity contribution >= 4 is 25.7 Å². The molecule has 1 aromatic carbocycles. The predicted molar refractivity (Wildman–Crippen MR) is 76.1 cm³/mol. The maximum absolute atomic E-state index is 11.6. The van der Waals surface area contributed by atoms with E-state index in [2.05, 4.69) is 0 Å². The molecule has 0 saturated carbocycles. The average Bonchev–Trinajstić information content (AvgIpc) is 2.28. The first-order valence-corrected chi connectivity index (χ1v) is 8.37. The molecular formula is C13H17ClO5S. The number of carboxylic acids is 1. The summed E-state index contributed by atoms with van der Waals surface area (Å²) < 4.78 is 28.5. The molecule has 0 fully saturated rings. The van der Waals surface area contributed by atoms with Crippen LogP contribution >= 0.6 is 10.7 Å². The monoisotopic (exact) mass is 320 g/mol. The third kappa shape index (κ3) is 4.38. The number of aryl methyl sites for hydroxylation is 1. The molecule has 0 unspecified atom stereocenters. The average molecular weight is 321 g/mol. The number of carbonyl (C=O) groups is 1. The second-order valence-corrected chi connectivity index (χ2v) is 7.27. The molecule has 0 radical (unpaired) electrons. The standard InChI is InChI=1S/C13H17ClO5S/c1-8(2)10-7-11(19-5-4-13(15)16)9(3)6-12(10)20(14,17)18/h6-8H,4-5H2,1-3H3,(H,15,16). The Morgan fingerprint density at radius 2 is 2.00 bits per heavy atom. The van der Waals surface area contributed by atoms with Crippen molar-refractivity contribution in [3.8, 4) is 5.75 Å². The van der Waals surface area contributed by atoms with Crippen LogP contribution < -0.4 is 4.74 Å². The van der Waals surface area contributed by atoms with E-state index < -0.39 is 15.0 Å².